The fraction of sp³-hybridized carbons (Fsp3) is 0.286. The summed E-state index contributed by atoms with van der Waals surface area (Å²) in [6.45, 7) is 1.36. The van der Waals surface area contributed by atoms with Gasteiger partial charge < -0.3 is 15.2 Å². The Labute approximate surface area is 111 Å². The van der Waals surface area contributed by atoms with Gasteiger partial charge in [-0.25, -0.2) is 0 Å². The van der Waals surface area contributed by atoms with Gasteiger partial charge >= 0.3 is 0 Å². The molecule has 0 spiro atoms. The van der Waals surface area contributed by atoms with Gasteiger partial charge in [-0.1, -0.05) is 5.16 Å². The van der Waals surface area contributed by atoms with Gasteiger partial charge in [-0.3, -0.25) is 4.79 Å². The zero-order chi connectivity index (χ0) is 13.1. The second kappa shape index (κ2) is 5.14. The van der Waals surface area contributed by atoms with Gasteiger partial charge in [-0.2, -0.15) is 0 Å². The van der Waals surface area contributed by atoms with E-state index in [0.717, 1.165) is 25.1 Å². The summed E-state index contributed by atoms with van der Waals surface area (Å²) in [6.07, 6.45) is 3.69. The van der Waals surface area contributed by atoms with E-state index in [4.69, 9.17) is 4.52 Å². The summed E-state index contributed by atoms with van der Waals surface area (Å²) in [5.74, 6) is 0.553. The van der Waals surface area contributed by atoms with E-state index in [9.17, 15) is 4.79 Å². The largest absolute Gasteiger partial charge is 0.385 e. The van der Waals surface area contributed by atoms with Crippen molar-refractivity contribution in [2.24, 2.45) is 0 Å². The lowest BCUT2D eigenvalue weighted by molar-refractivity contribution is 0.0947. The summed E-state index contributed by atoms with van der Waals surface area (Å²) in [6, 6.07) is 7.50. The summed E-state index contributed by atoms with van der Waals surface area (Å²) in [4.78, 5) is 12.0. The van der Waals surface area contributed by atoms with Crippen molar-refractivity contribution in [1.29, 1.82) is 0 Å². The molecular formula is C14H15N3O2. The first kappa shape index (κ1) is 11.8. The molecular weight excluding hydrogens is 242 g/mol. The number of carbonyl (C=O) groups excluding carboxylic acids is 1. The number of carbonyl (C=O) groups is 1. The number of hydrogen-bond donors (Lipinski definition) is 2. The van der Waals surface area contributed by atoms with Crippen LogP contribution in [0.2, 0.25) is 0 Å². The first-order chi connectivity index (χ1) is 9.33. The van der Waals surface area contributed by atoms with E-state index in [1.165, 1.54) is 5.56 Å². The summed E-state index contributed by atoms with van der Waals surface area (Å²) >= 11 is 0. The molecule has 2 N–H and O–H groups in total. The number of aryl methyl sites for hydroxylation is 1. The Morgan fingerprint density at radius 1 is 1.42 bits per heavy atom. The van der Waals surface area contributed by atoms with Gasteiger partial charge in [0.1, 0.15) is 0 Å². The first-order valence-electron chi connectivity index (χ1n) is 6.37. The van der Waals surface area contributed by atoms with Gasteiger partial charge in [-0.05, 0) is 36.6 Å². The van der Waals surface area contributed by atoms with Crippen molar-refractivity contribution in [3.63, 3.8) is 0 Å². The number of hydrogen-bond acceptors (Lipinski definition) is 4. The Morgan fingerprint density at radius 3 is 3.21 bits per heavy atom. The normalized spacial score (nSPS) is 13.5. The lowest BCUT2D eigenvalue weighted by Crippen LogP contribution is -2.23. The molecule has 1 aromatic heterocycles. The number of benzene rings is 1. The van der Waals surface area contributed by atoms with Crippen LogP contribution < -0.4 is 10.6 Å². The Bertz CT molecular complexity index is 578. The van der Waals surface area contributed by atoms with Crippen molar-refractivity contribution in [2.75, 3.05) is 11.9 Å². The van der Waals surface area contributed by atoms with Gasteiger partial charge in [0, 0.05) is 23.9 Å². The maximum atomic E-state index is 12.0. The summed E-state index contributed by atoms with van der Waals surface area (Å²) in [7, 11) is 0. The predicted molar refractivity (Wildman–Crippen MR) is 70.9 cm³/mol. The van der Waals surface area contributed by atoms with Crippen molar-refractivity contribution >= 4 is 11.6 Å². The van der Waals surface area contributed by atoms with Gasteiger partial charge in [0.25, 0.3) is 5.91 Å². The van der Waals surface area contributed by atoms with Crippen LogP contribution in [-0.2, 0) is 13.0 Å². The number of anilines is 1. The molecule has 1 amide bonds. The smallest absolute Gasteiger partial charge is 0.251 e. The van der Waals surface area contributed by atoms with E-state index in [2.05, 4.69) is 15.8 Å². The molecule has 0 bridgehead atoms. The van der Waals surface area contributed by atoms with Crippen LogP contribution in [0.5, 0.6) is 0 Å². The van der Waals surface area contributed by atoms with E-state index in [1.54, 1.807) is 12.3 Å². The van der Waals surface area contributed by atoms with Crippen molar-refractivity contribution in [1.82, 2.24) is 10.5 Å². The Morgan fingerprint density at radius 2 is 2.37 bits per heavy atom. The van der Waals surface area contributed by atoms with E-state index in [1.807, 2.05) is 18.2 Å². The molecule has 2 aromatic rings. The summed E-state index contributed by atoms with van der Waals surface area (Å²) in [5, 5.41) is 9.74. The molecule has 2 heterocycles. The second-order valence-corrected chi connectivity index (χ2v) is 4.56. The fourth-order valence-corrected chi connectivity index (χ4v) is 2.22. The van der Waals surface area contributed by atoms with Crippen LogP contribution in [-0.4, -0.2) is 17.6 Å². The van der Waals surface area contributed by atoms with Crippen molar-refractivity contribution in [3.05, 3.63) is 47.3 Å². The van der Waals surface area contributed by atoms with Gasteiger partial charge in [0.05, 0.1) is 12.7 Å². The molecule has 1 aliphatic heterocycles. The van der Waals surface area contributed by atoms with Crippen molar-refractivity contribution < 1.29 is 9.32 Å². The average Bonchev–Trinajstić information content (AvgIpc) is 2.97. The molecule has 5 nitrogen and oxygen atoms in total. The van der Waals surface area contributed by atoms with Gasteiger partial charge in [0.2, 0.25) is 0 Å². The molecule has 0 saturated heterocycles. The van der Waals surface area contributed by atoms with Crippen LogP contribution in [0, 0.1) is 0 Å². The molecule has 98 valence electrons. The highest BCUT2D eigenvalue weighted by Gasteiger charge is 2.12. The fourth-order valence-electron chi connectivity index (χ4n) is 2.22. The van der Waals surface area contributed by atoms with Gasteiger partial charge in [-0.15, -0.1) is 0 Å². The minimum absolute atomic E-state index is 0.0928. The summed E-state index contributed by atoms with van der Waals surface area (Å²) in [5.41, 5.74) is 3.03. The lowest BCUT2D eigenvalue weighted by Gasteiger charge is -2.18. The van der Waals surface area contributed by atoms with Crippen LogP contribution in [0.1, 0.15) is 28.1 Å². The van der Waals surface area contributed by atoms with E-state index >= 15 is 0 Å². The van der Waals surface area contributed by atoms with E-state index < -0.39 is 0 Å². The molecule has 1 aromatic carbocycles. The quantitative estimate of drug-likeness (QED) is 0.882. The van der Waals surface area contributed by atoms with Gasteiger partial charge in [0.15, 0.2) is 5.76 Å². The van der Waals surface area contributed by atoms with Crippen LogP contribution >= 0.6 is 0 Å². The second-order valence-electron chi connectivity index (χ2n) is 4.56. The minimum Gasteiger partial charge on any atom is -0.385 e. The number of nitrogens with one attached hydrogen (secondary N) is 2. The number of nitrogens with zero attached hydrogens (tertiary/aromatic N) is 1. The minimum atomic E-state index is -0.0928. The Hall–Kier alpha value is -2.30. The maximum absolute atomic E-state index is 12.0. The lowest BCUT2D eigenvalue weighted by atomic mass is 10.0. The number of rotatable bonds is 3. The number of amides is 1. The third kappa shape index (κ3) is 2.59. The van der Waals surface area contributed by atoms with Crippen LogP contribution in [0.4, 0.5) is 5.69 Å². The highest BCUT2D eigenvalue weighted by molar-refractivity contribution is 5.94. The third-order valence-corrected chi connectivity index (χ3v) is 3.22. The molecule has 1 aliphatic rings. The molecule has 0 fully saturated rings. The zero-order valence-electron chi connectivity index (χ0n) is 10.5. The molecule has 0 unspecified atom stereocenters. The molecule has 0 atom stereocenters. The standard InChI is InChI=1S/C14H15N3O2/c18-14(16-9-12-5-7-17-19-12)11-3-4-13-10(8-11)2-1-6-15-13/h3-5,7-8,15H,1-2,6,9H2,(H,16,18). The molecule has 0 saturated carbocycles. The maximum Gasteiger partial charge on any atom is 0.251 e. The SMILES string of the molecule is O=C(NCc1ccno1)c1ccc2c(c1)CCCN2. The molecule has 19 heavy (non-hydrogen) atoms. The Balaban J connectivity index is 1.69. The topological polar surface area (TPSA) is 67.2 Å². The highest BCUT2D eigenvalue weighted by Crippen LogP contribution is 2.22. The van der Waals surface area contributed by atoms with Crippen LogP contribution in [0.15, 0.2) is 35.0 Å². The average molecular weight is 257 g/mol. The third-order valence-electron chi connectivity index (χ3n) is 3.22. The molecule has 0 aliphatic carbocycles. The number of aromatic nitrogens is 1. The number of fused-ring (bicyclic) bond motifs is 1. The highest BCUT2D eigenvalue weighted by atomic mass is 16.5. The predicted octanol–water partition coefficient (Wildman–Crippen LogP) is 1.96. The molecule has 5 heteroatoms. The van der Waals surface area contributed by atoms with Crippen molar-refractivity contribution in [3.8, 4) is 0 Å². The molecule has 0 radical (unpaired) electrons. The van der Waals surface area contributed by atoms with E-state index in [0.29, 0.717) is 17.9 Å². The first-order valence-corrected chi connectivity index (χ1v) is 6.37. The monoisotopic (exact) mass is 257 g/mol. The van der Waals surface area contributed by atoms with Crippen LogP contribution in [0.25, 0.3) is 0 Å². The zero-order valence-corrected chi connectivity index (χ0v) is 10.5. The summed E-state index contributed by atoms with van der Waals surface area (Å²) < 4.78 is 4.94. The van der Waals surface area contributed by atoms with Crippen LogP contribution in [0.3, 0.4) is 0 Å². The Kier molecular flexibility index (Phi) is 3.18. The van der Waals surface area contributed by atoms with Crippen molar-refractivity contribution in [2.45, 2.75) is 19.4 Å². The van der Waals surface area contributed by atoms with E-state index in [-0.39, 0.29) is 5.91 Å². The molecule has 3 rings (SSSR count).